The molecule has 1 fully saturated rings. The molecule has 0 aliphatic heterocycles. The zero-order chi connectivity index (χ0) is 16.3. The summed E-state index contributed by atoms with van der Waals surface area (Å²) in [6, 6.07) is 3.10. The summed E-state index contributed by atoms with van der Waals surface area (Å²) in [6.07, 6.45) is -3.65. The van der Waals surface area contributed by atoms with E-state index in [0.29, 0.717) is 12.5 Å². The van der Waals surface area contributed by atoms with Gasteiger partial charge in [0.25, 0.3) is 5.91 Å². The molecule has 8 heteroatoms. The van der Waals surface area contributed by atoms with Gasteiger partial charge in [0.05, 0.1) is 12.2 Å². The molecule has 1 atom stereocenters. The summed E-state index contributed by atoms with van der Waals surface area (Å²) in [7, 11) is 0. The highest BCUT2D eigenvalue weighted by Crippen LogP contribution is 2.38. The van der Waals surface area contributed by atoms with Crippen molar-refractivity contribution in [1.82, 2.24) is 5.48 Å². The van der Waals surface area contributed by atoms with Crippen LogP contribution in [0.2, 0.25) is 5.02 Å². The quantitative estimate of drug-likeness (QED) is 0.807. The van der Waals surface area contributed by atoms with Crippen molar-refractivity contribution in [2.75, 3.05) is 6.61 Å². The number of rotatable bonds is 6. The Bertz CT molecular complexity index is 547. The van der Waals surface area contributed by atoms with Crippen LogP contribution in [0.25, 0.3) is 0 Å². The Morgan fingerprint density at radius 1 is 1.45 bits per heavy atom. The molecule has 0 unspecified atom stereocenters. The minimum Gasteiger partial charge on any atom is -0.480 e. The molecule has 1 aliphatic rings. The molecule has 4 nitrogen and oxygen atoms in total. The number of carbonyl (C=O) groups is 1. The Labute approximate surface area is 130 Å². The predicted octanol–water partition coefficient (Wildman–Crippen LogP) is 3.58. The summed E-state index contributed by atoms with van der Waals surface area (Å²) in [6.45, 7) is 1.73. The van der Waals surface area contributed by atoms with Crippen LogP contribution in [0.1, 0.15) is 25.3 Å². The standard InChI is InChI=1S/C14H15ClF3NO3/c1-8(13(20)19-21-7-9-2-3-9)22-12-5-4-10(15)6-11(12)14(16,17)18/h4-6,8-9H,2-3,7H2,1H3,(H,19,20)/t8-/m0/s1. The largest absolute Gasteiger partial charge is 0.480 e. The Morgan fingerprint density at radius 3 is 2.73 bits per heavy atom. The number of hydroxylamine groups is 1. The van der Waals surface area contributed by atoms with E-state index in [4.69, 9.17) is 21.2 Å². The fourth-order valence-corrected chi connectivity index (χ4v) is 1.84. The lowest BCUT2D eigenvalue weighted by atomic mass is 10.2. The van der Waals surface area contributed by atoms with Gasteiger partial charge in [-0.25, -0.2) is 5.48 Å². The summed E-state index contributed by atoms with van der Waals surface area (Å²) in [5, 5.41) is -0.0652. The molecule has 1 N–H and O–H groups in total. The second-order valence-corrected chi connectivity index (χ2v) is 5.56. The third kappa shape index (κ3) is 4.78. The number of alkyl halides is 3. The van der Waals surface area contributed by atoms with Crippen LogP contribution in [0, 0.1) is 5.92 Å². The van der Waals surface area contributed by atoms with E-state index >= 15 is 0 Å². The van der Waals surface area contributed by atoms with Gasteiger partial charge in [-0.15, -0.1) is 0 Å². The molecule has 1 aliphatic carbocycles. The van der Waals surface area contributed by atoms with Crippen molar-refractivity contribution in [1.29, 1.82) is 0 Å². The maximum atomic E-state index is 12.9. The zero-order valence-electron chi connectivity index (χ0n) is 11.7. The number of hydrogen-bond donors (Lipinski definition) is 1. The highest BCUT2D eigenvalue weighted by atomic mass is 35.5. The van der Waals surface area contributed by atoms with E-state index in [1.54, 1.807) is 0 Å². The average Bonchev–Trinajstić information content (AvgIpc) is 3.23. The van der Waals surface area contributed by atoms with Gasteiger partial charge in [0, 0.05) is 5.02 Å². The van der Waals surface area contributed by atoms with Crippen LogP contribution in [0.3, 0.4) is 0 Å². The van der Waals surface area contributed by atoms with Crippen LogP contribution >= 0.6 is 11.6 Å². The van der Waals surface area contributed by atoms with E-state index in [2.05, 4.69) is 5.48 Å². The Hall–Kier alpha value is -1.47. The van der Waals surface area contributed by atoms with Gasteiger partial charge < -0.3 is 4.74 Å². The van der Waals surface area contributed by atoms with Gasteiger partial charge in [0.15, 0.2) is 6.10 Å². The molecular weight excluding hydrogens is 323 g/mol. The monoisotopic (exact) mass is 337 g/mol. The van der Waals surface area contributed by atoms with Crippen molar-refractivity contribution in [2.24, 2.45) is 5.92 Å². The Balaban J connectivity index is 1.97. The molecule has 1 saturated carbocycles. The van der Waals surface area contributed by atoms with Crippen LogP contribution in [0.4, 0.5) is 13.2 Å². The summed E-state index contributed by atoms with van der Waals surface area (Å²) in [4.78, 5) is 16.7. The summed E-state index contributed by atoms with van der Waals surface area (Å²) in [5.74, 6) is -0.657. The van der Waals surface area contributed by atoms with Crippen molar-refractivity contribution < 1.29 is 27.5 Å². The lowest BCUT2D eigenvalue weighted by molar-refractivity contribution is -0.144. The second kappa shape index (κ2) is 6.75. The topological polar surface area (TPSA) is 47.6 Å². The smallest absolute Gasteiger partial charge is 0.420 e. The molecule has 1 aromatic rings. The number of hydrogen-bond acceptors (Lipinski definition) is 3. The highest BCUT2D eigenvalue weighted by Gasteiger charge is 2.35. The number of amides is 1. The van der Waals surface area contributed by atoms with E-state index in [1.165, 1.54) is 13.0 Å². The Morgan fingerprint density at radius 2 is 2.14 bits per heavy atom. The van der Waals surface area contributed by atoms with Gasteiger partial charge in [-0.3, -0.25) is 9.63 Å². The number of halogens is 4. The molecule has 1 aromatic carbocycles. The minimum atomic E-state index is -4.63. The Kier molecular flexibility index (Phi) is 5.18. The van der Waals surface area contributed by atoms with Gasteiger partial charge in [-0.05, 0) is 43.9 Å². The first-order valence-electron chi connectivity index (χ1n) is 6.72. The highest BCUT2D eigenvalue weighted by molar-refractivity contribution is 6.30. The molecule has 0 heterocycles. The van der Waals surface area contributed by atoms with Crippen molar-refractivity contribution in [3.05, 3.63) is 28.8 Å². The molecule has 0 bridgehead atoms. The molecule has 0 radical (unpaired) electrons. The van der Waals surface area contributed by atoms with Crippen LogP contribution in [-0.4, -0.2) is 18.6 Å². The normalized spacial score (nSPS) is 16.2. The van der Waals surface area contributed by atoms with Gasteiger partial charge in [-0.2, -0.15) is 13.2 Å². The van der Waals surface area contributed by atoms with E-state index in [9.17, 15) is 18.0 Å². The fraction of sp³-hybridized carbons (Fsp3) is 0.500. The molecule has 1 amide bonds. The third-order valence-electron chi connectivity index (χ3n) is 3.11. The maximum Gasteiger partial charge on any atom is 0.420 e. The van der Waals surface area contributed by atoms with Crippen LogP contribution < -0.4 is 10.2 Å². The van der Waals surface area contributed by atoms with Gasteiger partial charge >= 0.3 is 6.18 Å². The molecule has 0 aromatic heterocycles. The van der Waals surface area contributed by atoms with Crippen molar-refractivity contribution in [2.45, 2.75) is 32.0 Å². The number of carbonyl (C=O) groups excluding carboxylic acids is 1. The van der Waals surface area contributed by atoms with Crippen molar-refractivity contribution >= 4 is 17.5 Å². The van der Waals surface area contributed by atoms with E-state index in [-0.39, 0.29) is 5.02 Å². The second-order valence-electron chi connectivity index (χ2n) is 5.12. The molecule has 22 heavy (non-hydrogen) atoms. The van der Waals surface area contributed by atoms with Crippen molar-refractivity contribution in [3.63, 3.8) is 0 Å². The molecule has 0 spiro atoms. The third-order valence-corrected chi connectivity index (χ3v) is 3.34. The average molecular weight is 338 g/mol. The summed E-state index contributed by atoms with van der Waals surface area (Å²) >= 11 is 5.57. The minimum absolute atomic E-state index is 0.0652. The number of benzene rings is 1. The first-order valence-corrected chi connectivity index (χ1v) is 7.10. The van der Waals surface area contributed by atoms with Crippen LogP contribution in [-0.2, 0) is 15.8 Å². The molecule has 0 saturated heterocycles. The molecular formula is C14H15ClF3NO3. The van der Waals surface area contributed by atoms with Gasteiger partial charge in [0.1, 0.15) is 5.75 Å². The van der Waals surface area contributed by atoms with Crippen LogP contribution in [0.5, 0.6) is 5.75 Å². The zero-order valence-corrected chi connectivity index (χ0v) is 12.5. The van der Waals surface area contributed by atoms with Crippen molar-refractivity contribution in [3.8, 4) is 5.75 Å². The summed E-state index contributed by atoms with van der Waals surface area (Å²) in [5.41, 5.74) is 1.14. The molecule has 122 valence electrons. The first-order chi connectivity index (χ1) is 10.3. The predicted molar refractivity (Wildman–Crippen MR) is 73.4 cm³/mol. The number of ether oxygens (including phenoxy) is 1. The van der Waals surface area contributed by atoms with E-state index in [0.717, 1.165) is 25.0 Å². The van der Waals surface area contributed by atoms with Gasteiger partial charge in [0.2, 0.25) is 0 Å². The molecule has 2 rings (SSSR count). The van der Waals surface area contributed by atoms with E-state index < -0.39 is 29.5 Å². The van der Waals surface area contributed by atoms with Gasteiger partial charge in [-0.1, -0.05) is 11.6 Å². The van der Waals surface area contributed by atoms with E-state index in [1.807, 2.05) is 0 Å². The lowest BCUT2D eigenvalue weighted by Gasteiger charge is -2.18. The first kappa shape index (κ1) is 16.9. The SMILES string of the molecule is C[C@H](Oc1ccc(Cl)cc1C(F)(F)F)C(=O)NOCC1CC1. The lowest BCUT2D eigenvalue weighted by Crippen LogP contribution is -2.37. The summed E-state index contributed by atoms with van der Waals surface area (Å²) < 4.78 is 43.8. The number of nitrogens with one attached hydrogen (secondary N) is 1. The van der Waals surface area contributed by atoms with Crippen LogP contribution in [0.15, 0.2) is 18.2 Å². The fourth-order valence-electron chi connectivity index (χ4n) is 1.67. The maximum absolute atomic E-state index is 12.9.